The van der Waals surface area contributed by atoms with Crippen LogP contribution in [0.5, 0.6) is 5.75 Å². The molecule has 5 N–H and O–H groups in total. The number of aromatic hydroxyl groups is 1. The zero-order chi connectivity index (χ0) is 29.8. The monoisotopic (exact) mass is 529 g/mol. The first-order valence-corrected chi connectivity index (χ1v) is 13.0. The lowest BCUT2D eigenvalue weighted by Gasteiger charge is -2.13. The Morgan fingerprint density at radius 3 is 1.95 bits per heavy atom. The molecule has 0 atom stereocenters. The standard InChI is InChI=1S/C18H19N7O3.C4H10.3C2H6/c1-25(2)18(27)11-6-3-7-12(13(11)26)22-17-16(23-14(19)15(20)24-17)21-9-10-5-4-8-28-10;1-4(2)3;3*1-2/h3-8,26H,9H2,1-2H3,(H2,19,21,23)(H2,20,22,24);4H,1-3H3;3*1-2H3. The predicted octanol–water partition coefficient (Wildman–Crippen LogP) is 5.78. The minimum atomic E-state index is -0.361. The van der Waals surface area contributed by atoms with E-state index in [1.165, 1.54) is 23.3 Å². The molecule has 0 fully saturated rings. The smallest absolute Gasteiger partial charge is 0.257 e. The van der Waals surface area contributed by atoms with Crippen molar-refractivity contribution in [2.45, 2.75) is 68.9 Å². The Morgan fingerprint density at radius 2 is 1.47 bits per heavy atom. The van der Waals surface area contributed by atoms with Crippen LogP contribution in [0.25, 0.3) is 0 Å². The average Bonchev–Trinajstić information content (AvgIpc) is 3.43. The van der Waals surface area contributed by atoms with Crippen molar-refractivity contribution in [3.05, 3.63) is 47.9 Å². The van der Waals surface area contributed by atoms with Crippen LogP contribution in [0.4, 0.5) is 5.69 Å². The van der Waals surface area contributed by atoms with E-state index in [0.29, 0.717) is 5.76 Å². The van der Waals surface area contributed by atoms with Gasteiger partial charge >= 0.3 is 0 Å². The number of carbonyl (C=O) groups excluding carboxylic acids is 1. The van der Waals surface area contributed by atoms with Gasteiger partial charge < -0.3 is 25.9 Å². The lowest BCUT2D eigenvalue weighted by Crippen LogP contribution is -2.37. The summed E-state index contributed by atoms with van der Waals surface area (Å²) in [6, 6.07) is 8.14. The molecule has 0 unspecified atom stereocenters. The van der Waals surface area contributed by atoms with E-state index >= 15 is 0 Å². The fraction of sp³-hybridized carbons (Fsp3) is 0.464. The summed E-state index contributed by atoms with van der Waals surface area (Å²) in [6.07, 6.45) is 1.53. The molecule has 3 rings (SSSR count). The molecule has 1 aliphatic heterocycles. The van der Waals surface area contributed by atoms with Gasteiger partial charge in [0.1, 0.15) is 11.4 Å². The fourth-order valence-electron chi connectivity index (χ4n) is 2.33. The number of hydrogen-bond donors (Lipinski definition) is 3. The van der Waals surface area contributed by atoms with Gasteiger partial charge in [0, 0.05) is 14.1 Å². The summed E-state index contributed by atoms with van der Waals surface area (Å²) in [4.78, 5) is 30.4. The molecule has 0 spiro atoms. The molecule has 2 aromatic rings. The van der Waals surface area contributed by atoms with Gasteiger partial charge in [0.05, 0.1) is 18.4 Å². The Morgan fingerprint density at radius 1 is 0.947 bits per heavy atom. The summed E-state index contributed by atoms with van der Waals surface area (Å²) in [5, 5.41) is 10.5. The molecular formula is C28H47N7O3. The van der Waals surface area contributed by atoms with Crippen LogP contribution in [0.2, 0.25) is 0 Å². The molecule has 0 saturated carbocycles. The van der Waals surface area contributed by atoms with Crippen LogP contribution in [-0.4, -0.2) is 53.4 Å². The van der Waals surface area contributed by atoms with Gasteiger partial charge in [-0.2, -0.15) is 0 Å². The van der Waals surface area contributed by atoms with Crippen LogP contribution in [-0.2, 0) is 6.54 Å². The summed E-state index contributed by atoms with van der Waals surface area (Å²) in [7, 11) is 3.17. The maximum atomic E-state index is 12.2. The molecule has 1 aromatic carbocycles. The van der Waals surface area contributed by atoms with E-state index in [4.69, 9.17) is 15.9 Å². The second kappa shape index (κ2) is 20.1. The first-order valence-electron chi connectivity index (χ1n) is 13.0. The van der Waals surface area contributed by atoms with Gasteiger partial charge in [-0.15, -0.1) is 0 Å². The van der Waals surface area contributed by atoms with E-state index in [-0.39, 0.29) is 52.8 Å². The molecule has 1 amide bonds. The zero-order valence-electron chi connectivity index (χ0n) is 24.9. The molecule has 0 radical (unpaired) electrons. The average molecular weight is 530 g/mol. The zero-order valence-corrected chi connectivity index (χ0v) is 24.9. The largest absolute Gasteiger partial charge is 0.505 e. The minimum absolute atomic E-state index is 0.0119. The number of amides is 1. The highest BCUT2D eigenvalue weighted by molar-refractivity contribution is 6.55. The summed E-state index contributed by atoms with van der Waals surface area (Å²) in [5.74, 6) is 0.989. The van der Waals surface area contributed by atoms with Crippen molar-refractivity contribution in [1.82, 2.24) is 4.90 Å². The number of aliphatic imine (C=N–C) groups is 4. The van der Waals surface area contributed by atoms with Crippen LogP contribution >= 0.6 is 0 Å². The summed E-state index contributed by atoms with van der Waals surface area (Å²) < 4.78 is 5.24. The highest BCUT2D eigenvalue weighted by Gasteiger charge is 2.20. The van der Waals surface area contributed by atoms with E-state index in [0.717, 1.165) is 5.92 Å². The molecule has 1 aromatic heterocycles. The number of nitrogens with zero attached hydrogens (tertiary/aromatic N) is 5. The summed E-state index contributed by atoms with van der Waals surface area (Å²) >= 11 is 0. The second-order valence-corrected chi connectivity index (χ2v) is 7.75. The molecule has 1 aliphatic rings. The maximum absolute atomic E-state index is 12.2. The van der Waals surface area contributed by atoms with Gasteiger partial charge in [-0.3, -0.25) is 9.79 Å². The lowest BCUT2D eigenvalue weighted by atomic mass is 10.1. The van der Waals surface area contributed by atoms with Crippen molar-refractivity contribution < 1.29 is 14.3 Å². The predicted molar refractivity (Wildman–Crippen MR) is 161 cm³/mol. The van der Waals surface area contributed by atoms with E-state index in [1.807, 2.05) is 41.5 Å². The number of nitrogens with two attached hydrogens (primary N) is 2. The third kappa shape index (κ3) is 12.3. The molecule has 10 nitrogen and oxygen atoms in total. The first-order chi connectivity index (χ1) is 18.1. The van der Waals surface area contributed by atoms with Gasteiger partial charge in [-0.1, -0.05) is 68.4 Å². The number of phenolic OH excluding ortho intramolecular Hbond substituents is 1. The van der Waals surface area contributed by atoms with E-state index in [9.17, 15) is 9.90 Å². The second-order valence-electron chi connectivity index (χ2n) is 7.75. The number of rotatable bonds is 4. The van der Waals surface area contributed by atoms with E-state index in [2.05, 4.69) is 40.7 Å². The van der Waals surface area contributed by atoms with E-state index < -0.39 is 0 Å². The number of benzene rings is 1. The number of para-hydroxylation sites is 1. The Bertz CT molecular complexity index is 1070. The number of furan rings is 1. The third-order valence-electron chi connectivity index (χ3n) is 3.76. The van der Waals surface area contributed by atoms with Crippen molar-refractivity contribution >= 4 is 34.9 Å². The molecule has 212 valence electrons. The van der Waals surface area contributed by atoms with Crippen LogP contribution in [0.3, 0.4) is 0 Å². The molecule has 0 saturated heterocycles. The molecular weight excluding hydrogens is 482 g/mol. The molecule has 2 heterocycles. The van der Waals surface area contributed by atoms with Crippen LogP contribution < -0.4 is 11.5 Å². The van der Waals surface area contributed by atoms with Crippen molar-refractivity contribution in [3.8, 4) is 5.75 Å². The highest BCUT2D eigenvalue weighted by Crippen LogP contribution is 2.31. The lowest BCUT2D eigenvalue weighted by molar-refractivity contribution is 0.0824. The van der Waals surface area contributed by atoms with Gasteiger partial charge in [-0.25, -0.2) is 15.0 Å². The fourth-order valence-corrected chi connectivity index (χ4v) is 2.33. The normalized spacial score (nSPS) is 13.8. The molecule has 10 heteroatoms. The van der Waals surface area contributed by atoms with Crippen molar-refractivity contribution in [1.29, 1.82) is 0 Å². The Balaban J connectivity index is 0. The highest BCUT2D eigenvalue weighted by atomic mass is 16.3. The van der Waals surface area contributed by atoms with Crippen LogP contribution in [0, 0.1) is 5.92 Å². The Labute approximate surface area is 228 Å². The summed E-state index contributed by atoms with van der Waals surface area (Å²) in [5.41, 5.74) is 11.7. The number of phenols is 1. The van der Waals surface area contributed by atoms with Crippen molar-refractivity contribution in [2.75, 3.05) is 14.1 Å². The Kier molecular flexibility index (Phi) is 19.2. The van der Waals surface area contributed by atoms with Gasteiger partial charge in [0.15, 0.2) is 29.1 Å². The van der Waals surface area contributed by atoms with Crippen molar-refractivity contribution in [2.24, 2.45) is 37.4 Å². The quantitative estimate of drug-likeness (QED) is 0.457. The SMILES string of the molecule is CC.CC.CC.CC(C)C.CN(C)C(=O)c1cccc(N=C2N=C(N)C(N)=NC2=NCc2ccco2)c1O. The number of carbonyl (C=O) groups is 1. The molecule has 0 aliphatic carbocycles. The number of hydrogen-bond acceptors (Lipinski definition) is 7. The summed E-state index contributed by atoms with van der Waals surface area (Å²) in [6.45, 7) is 18.7. The van der Waals surface area contributed by atoms with Crippen LogP contribution in [0.1, 0.15) is 78.4 Å². The maximum Gasteiger partial charge on any atom is 0.257 e. The van der Waals surface area contributed by atoms with Gasteiger partial charge in [-0.05, 0) is 30.2 Å². The Hall–Kier alpha value is -3.95. The first kappa shape index (κ1) is 36.2. The number of amidine groups is 4. The third-order valence-corrected chi connectivity index (χ3v) is 3.76. The minimum Gasteiger partial charge on any atom is -0.505 e. The van der Waals surface area contributed by atoms with E-state index in [1.54, 1.807) is 32.3 Å². The molecule has 0 bridgehead atoms. The van der Waals surface area contributed by atoms with Crippen molar-refractivity contribution in [3.63, 3.8) is 0 Å². The molecule has 38 heavy (non-hydrogen) atoms. The topological polar surface area (TPSA) is 155 Å². The van der Waals surface area contributed by atoms with Crippen LogP contribution in [0.15, 0.2) is 61.0 Å². The van der Waals surface area contributed by atoms with Gasteiger partial charge in [0.25, 0.3) is 5.91 Å². The van der Waals surface area contributed by atoms with Gasteiger partial charge in [0.2, 0.25) is 0 Å².